The van der Waals surface area contributed by atoms with E-state index in [4.69, 9.17) is 9.52 Å². The summed E-state index contributed by atoms with van der Waals surface area (Å²) in [5.74, 6) is -1.38. The number of hydrogen-bond donors (Lipinski definition) is 1. The van der Waals surface area contributed by atoms with Gasteiger partial charge in [0.2, 0.25) is 5.91 Å². The van der Waals surface area contributed by atoms with Crippen LogP contribution in [0.3, 0.4) is 0 Å². The Bertz CT molecular complexity index is 878. The molecule has 1 aliphatic heterocycles. The second-order valence-corrected chi connectivity index (χ2v) is 6.99. The first-order valence-electron chi connectivity index (χ1n) is 9.14. The molecular formula is C20H23N3O5. The maximum atomic E-state index is 12.8. The number of furan rings is 1. The molecule has 2 aromatic rings. The molecule has 2 amide bonds. The summed E-state index contributed by atoms with van der Waals surface area (Å²) in [6.45, 7) is 2.33. The topological polar surface area (TPSA) is 104 Å². The number of carboxylic acid groups (broad SMARTS) is 1. The van der Waals surface area contributed by atoms with Gasteiger partial charge < -0.3 is 19.3 Å². The van der Waals surface area contributed by atoms with Crippen molar-refractivity contribution in [3.8, 4) is 11.5 Å². The van der Waals surface area contributed by atoms with E-state index in [1.807, 2.05) is 0 Å². The van der Waals surface area contributed by atoms with Gasteiger partial charge >= 0.3 is 5.97 Å². The van der Waals surface area contributed by atoms with Crippen LogP contribution < -0.4 is 0 Å². The number of carbonyl (C=O) groups excluding carboxylic acids is 2. The van der Waals surface area contributed by atoms with E-state index in [-0.39, 0.29) is 24.9 Å². The van der Waals surface area contributed by atoms with Crippen molar-refractivity contribution in [2.45, 2.75) is 19.8 Å². The summed E-state index contributed by atoms with van der Waals surface area (Å²) >= 11 is 0. The molecule has 1 unspecified atom stereocenters. The predicted octanol–water partition coefficient (Wildman–Crippen LogP) is 2.05. The quantitative estimate of drug-likeness (QED) is 0.845. The number of aromatic nitrogens is 1. The van der Waals surface area contributed by atoms with Crippen LogP contribution in [0.2, 0.25) is 0 Å². The molecule has 3 heterocycles. The number of aryl methyl sites for hydroxylation is 1. The highest BCUT2D eigenvalue weighted by atomic mass is 16.4. The Labute approximate surface area is 162 Å². The molecule has 8 heteroatoms. The Morgan fingerprint density at radius 3 is 2.75 bits per heavy atom. The van der Waals surface area contributed by atoms with Crippen molar-refractivity contribution in [3.63, 3.8) is 0 Å². The van der Waals surface area contributed by atoms with E-state index in [1.54, 1.807) is 44.5 Å². The number of piperidine rings is 1. The largest absolute Gasteiger partial charge is 0.481 e. The number of carbonyl (C=O) groups is 3. The predicted molar refractivity (Wildman–Crippen MR) is 101 cm³/mol. The minimum atomic E-state index is -0.889. The fourth-order valence-corrected chi connectivity index (χ4v) is 3.33. The molecule has 0 spiro atoms. The number of hydrogen-bond acceptors (Lipinski definition) is 5. The van der Waals surface area contributed by atoms with Crippen molar-refractivity contribution in [3.05, 3.63) is 41.8 Å². The van der Waals surface area contributed by atoms with Crippen LogP contribution in [-0.4, -0.2) is 64.4 Å². The molecule has 148 valence electrons. The maximum absolute atomic E-state index is 12.8. The Morgan fingerprint density at radius 1 is 1.32 bits per heavy atom. The van der Waals surface area contributed by atoms with E-state index in [2.05, 4.69) is 4.98 Å². The standard InChI is InChI=1S/C20H23N3O5/c1-13-15(7-8-16(21-13)17-6-4-10-28-17)19(25)22(2)12-18(24)23-9-3-5-14(11-23)20(26)27/h4,6-8,10,14H,3,5,9,11-12H2,1-2H3,(H,26,27). The molecule has 1 fully saturated rings. The normalized spacial score (nSPS) is 16.6. The molecule has 1 atom stereocenters. The highest BCUT2D eigenvalue weighted by Crippen LogP contribution is 2.20. The van der Waals surface area contributed by atoms with E-state index in [0.29, 0.717) is 42.1 Å². The summed E-state index contributed by atoms with van der Waals surface area (Å²) in [4.78, 5) is 43.7. The van der Waals surface area contributed by atoms with Gasteiger partial charge in [-0.25, -0.2) is 4.98 Å². The van der Waals surface area contributed by atoms with Crippen LogP contribution in [0.25, 0.3) is 11.5 Å². The van der Waals surface area contributed by atoms with Crippen molar-refractivity contribution in [2.75, 3.05) is 26.7 Å². The molecule has 1 saturated heterocycles. The van der Waals surface area contributed by atoms with Crippen LogP contribution >= 0.6 is 0 Å². The Morgan fingerprint density at radius 2 is 2.11 bits per heavy atom. The van der Waals surface area contributed by atoms with Crippen molar-refractivity contribution < 1.29 is 23.9 Å². The SMILES string of the molecule is Cc1nc(-c2ccco2)ccc1C(=O)N(C)CC(=O)N1CCCC(C(=O)O)C1. The second kappa shape index (κ2) is 8.24. The molecule has 1 N–H and O–H groups in total. The summed E-state index contributed by atoms with van der Waals surface area (Å²) in [7, 11) is 1.55. The lowest BCUT2D eigenvalue weighted by atomic mass is 9.98. The smallest absolute Gasteiger partial charge is 0.308 e. The summed E-state index contributed by atoms with van der Waals surface area (Å²) in [5.41, 5.74) is 1.58. The first-order valence-corrected chi connectivity index (χ1v) is 9.14. The third kappa shape index (κ3) is 4.21. The minimum absolute atomic E-state index is 0.107. The van der Waals surface area contributed by atoms with Crippen LogP contribution in [0.5, 0.6) is 0 Å². The van der Waals surface area contributed by atoms with Gasteiger partial charge in [-0.1, -0.05) is 0 Å². The number of carboxylic acids is 1. The van der Waals surface area contributed by atoms with Crippen LogP contribution in [0, 0.1) is 12.8 Å². The summed E-state index contributed by atoms with van der Waals surface area (Å²) in [6, 6.07) is 6.93. The molecule has 0 aliphatic carbocycles. The molecule has 0 bridgehead atoms. The average molecular weight is 385 g/mol. The zero-order chi connectivity index (χ0) is 20.3. The number of aliphatic carboxylic acids is 1. The number of likely N-dealkylation sites (tertiary alicyclic amines) is 1. The number of pyridine rings is 1. The van der Waals surface area contributed by atoms with Gasteiger partial charge in [0.05, 0.1) is 30.0 Å². The lowest BCUT2D eigenvalue weighted by molar-refractivity contribution is -0.145. The van der Waals surface area contributed by atoms with E-state index in [9.17, 15) is 14.4 Å². The number of likely N-dealkylation sites (N-methyl/N-ethyl adjacent to an activating group) is 1. The minimum Gasteiger partial charge on any atom is -0.481 e. The van der Waals surface area contributed by atoms with Gasteiger partial charge in [-0.05, 0) is 44.0 Å². The van der Waals surface area contributed by atoms with E-state index >= 15 is 0 Å². The van der Waals surface area contributed by atoms with Gasteiger partial charge in [-0.3, -0.25) is 14.4 Å². The highest BCUT2D eigenvalue weighted by Gasteiger charge is 2.29. The molecule has 1 aliphatic rings. The van der Waals surface area contributed by atoms with Gasteiger partial charge in [0.15, 0.2) is 5.76 Å². The molecule has 3 rings (SSSR count). The monoisotopic (exact) mass is 385 g/mol. The number of amides is 2. The Hall–Kier alpha value is -3.16. The zero-order valence-electron chi connectivity index (χ0n) is 15.9. The molecular weight excluding hydrogens is 362 g/mol. The van der Waals surface area contributed by atoms with E-state index in [0.717, 1.165) is 0 Å². The van der Waals surface area contributed by atoms with Crippen molar-refractivity contribution >= 4 is 17.8 Å². The fourth-order valence-electron chi connectivity index (χ4n) is 3.33. The number of nitrogens with zero attached hydrogens (tertiary/aromatic N) is 3. The highest BCUT2D eigenvalue weighted by molar-refractivity contribution is 5.97. The van der Waals surface area contributed by atoms with Crippen LogP contribution in [-0.2, 0) is 9.59 Å². The molecule has 0 radical (unpaired) electrons. The van der Waals surface area contributed by atoms with Gasteiger partial charge in [0, 0.05) is 20.1 Å². The molecule has 8 nitrogen and oxygen atoms in total. The third-order valence-electron chi connectivity index (χ3n) is 4.93. The van der Waals surface area contributed by atoms with Crippen LogP contribution in [0.1, 0.15) is 28.9 Å². The molecule has 0 saturated carbocycles. The third-order valence-corrected chi connectivity index (χ3v) is 4.93. The fraction of sp³-hybridized carbons (Fsp3) is 0.400. The van der Waals surface area contributed by atoms with Crippen LogP contribution in [0.4, 0.5) is 0 Å². The zero-order valence-corrected chi connectivity index (χ0v) is 15.9. The maximum Gasteiger partial charge on any atom is 0.308 e. The first-order chi connectivity index (χ1) is 13.4. The van der Waals surface area contributed by atoms with Crippen molar-refractivity contribution in [2.24, 2.45) is 5.92 Å². The lowest BCUT2D eigenvalue weighted by Crippen LogP contribution is -2.47. The second-order valence-electron chi connectivity index (χ2n) is 6.99. The van der Waals surface area contributed by atoms with Crippen molar-refractivity contribution in [1.82, 2.24) is 14.8 Å². The summed E-state index contributed by atoms with van der Waals surface area (Å²) in [5, 5.41) is 9.16. The summed E-state index contributed by atoms with van der Waals surface area (Å²) < 4.78 is 5.32. The van der Waals surface area contributed by atoms with Gasteiger partial charge in [-0.15, -0.1) is 0 Å². The average Bonchev–Trinajstić information content (AvgIpc) is 3.22. The molecule has 0 aromatic carbocycles. The van der Waals surface area contributed by atoms with Gasteiger partial charge in [-0.2, -0.15) is 0 Å². The molecule has 2 aromatic heterocycles. The van der Waals surface area contributed by atoms with Crippen molar-refractivity contribution in [1.29, 1.82) is 0 Å². The number of rotatable bonds is 5. The van der Waals surface area contributed by atoms with Gasteiger partial charge in [0.25, 0.3) is 5.91 Å². The van der Waals surface area contributed by atoms with Gasteiger partial charge in [0.1, 0.15) is 5.69 Å². The Balaban J connectivity index is 1.65. The first kappa shape index (κ1) is 19.6. The summed E-state index contributed by atoms with van der Waals surface area (Å²) in [6.07, 6.45) is 2.78. The Kier molecular flexibility index (Phi) is 5.77. The van der Waals surface area contributed by atoms with Crippen LogP contribution in [0.15, 0.2) is 34.9 Å². The molecule has 28 heavy (non-hydrogen) atoms. The lowest BCUT2D eigenvalue weighted by Gasteiger charge is -2.32. The van der Waals surface area contributed by atoms with E-state index in [1.165, 1.54) is 9.80 Å². The van der Waals surface area contributed by atoms with E-state index < -0.39 is 11.9 Å².